The summed E-state index contributed by atoms with van der Waals surface area (Å²) in [6.45, 7) is 4.46. The third-order valence-corrected chi connectivity index (χ3v) is 3.75. The number of aromatic nitrogens is 2. The van der Waals surface area contributed by atoms with E-state index < -0.39 is 0 Å². The summed E-state index contributed by atoms with van der Waals surface area (Å²) in [6, 6.07) is 13.9. The molecular weight excluding hydrogens is 318 g/mol. The molecule has 1 aromatic heterocycles. The maximum Gasteiger partial charge on any atom is 0.224 e. The van der Waals surface area contributed by atoms with Gasteiger partial charge < -0.3 is 14.1 Å². The van der Waals surface area contributed by atoms with Crippen molar-refractivity contribution in [2.24, 2.45) is 5.16 Å². The van der Waals surface area contributed by atoms with Crippen molar-refractivity contribution < 1.29 is 14.1 Å². The van der Waals surface area contributed by atoms with E-state index in [2.05, 4.69) is 21.4 Å². The molecule has 6 nitrogen and oxygen atoms in total. The van der Waals surface area contributed by atoms with Gasteiger partial charge in [-0.15, -0.1) is 0 Å². The molecule has 25 heavy (non-hydrogen) atoms. The minimum Gasteiger partial charge on any atom is -0.489 e. The van der Waals surface area contributed by atoms with E-state index in [-0.39, 0.29) is 0 Å². The van der Waals surface area contributed by atoms with Gasteiger partial charge in [-0.25, -0.2) is 0 Å². The SMILES string of the molecule is CO/N=C(/c1ncon1)c1ccccc1COc1cc(C)ccc1C. The molecule has 0 saturated carbocycles. The smallest absolute Gasteiger partial charge is 0.224 e. The average Bonchev–Trinajstić information content (AvgIpc) is 3.15. The van der Waals surface area contributed by atoms with Crippen LogP contribution in [-0.4, -0.2) is 23.0 Å². The van der Waals surface area contributed by atoms with Crippen LogP contribution in [0.5, 0.6) is 5.75 Å². The Morgan fingerprint density at radius 3 is 2.76 bits per heavy atom. The van der Waals surface area contributed by atoms with Crippen molar-refractivity contribution in [3.63, 3.8) is 0 Å². The quantitative estimate of drug-likeness (QED) is 0.507. The Morgan fingerprint density at radius 2 is 2.00 bits per heavy atom. The van der Waals surface area contributed by atoms with Crippen LogP contribution < -0.4 is 4.74 Å². The predicted molar refractivity (Wildman–Crippen MR) is 93.6 cm³/mol. The van der Waals surface area contributed by atoms with Crippen LogP contribution in [0, 0.1) is 13.8 Å². The van der Waals surface area contributed by atoms with Crippen molar-refractivity contribution in [2.75, 3.05) is 7.11 Å². The highest BCUT2D eigenvalue weighted by Gasteiger charge is 2.17. The van der Waals surface area contributed by atoms with E-state index in [9.17, 15) is 0 Å². The molecule has 6 heteroatoms. The molecule has 0 aliphatic rings. The van der Waals surface area contributed by atoms with Crippen LogP contribution in [0.3, 0.4) is 0 Å². The van der Waals surface area contributed by atoms with Crippen molar-refractivity contribution in [3.8, 4) is 5.75 Å². The Morgan fingerprint density at radius 1 is 1.16 bits per heavy atom. The molecule has 0 bridgehead atoms. The zero-order chi connectivity index (χ0) is 17.6. The van der Waals surface area contributed by atoms with E-state index in [4.69, 9.17) is 14.1 Å². The monoisotopic (exact) mass is 337 g/mol. The Hall–Kier alpha value is -3.15. The fourth-order valence-electron chi connectivity index (χ4n) is 2.47. The number of aryl methyl sites for hydroxylation is 2. The van der Waals surface area contributed by atoms with E-state index in [1.807, 2.05) is 50.2 Å². The second-order valence-electron chi connectivity index (χ2n) is 5.59. The van der Waals surface area contributed by atoms with Crippen molar-refractivity contribution in [1.29, 1.82) is 0 Å². The lowest BCUT2D eigenvalue weighted by Crippen LogP contribution is -2.11. The molecule has 0 saturated heterocycles. The molecule has 3 rings (SSSR count). The molecule has 0 fully saturated rings. The van der Waals surface area contributed by atoms with E-state index in [0.29, 0.717) is 18.1 Å². The minimum absolute atomic E-state index is 0.362. The maximum atomic E-state index is 6.03. The van der Waals surface area contributed by atoms with Gasteiger partial charge in [-0.1, -0.05) is 46.7 Å². The molecule has 0 N–H and O–H groups in total. The summed E-state index contributed by atoms with van der Waals surface area (Å²) >= 11 is 0. The van der Waals surface area contributed by atoms with E-state index >= 15 is 0 Å². The van der Waals surface area contributed by atoms with Crippen molar-refractivity contribution in [2.45, 2.75) is 20.5 Å². The van der Waals surface area contributed by atoms with Gasteiger partial charge in [0.2, 0.25) is 12.2 Å². The Bertz CT molecular complexity index is 873. The van der Waals surface area contributed by atoms with E-state index in [1.165, 1.54) is 13.5 Å². The highest BCUT2D eigenvalue weighted by molar-refractivity contribution is 6.11. The molecular formula is C19H19N3O3. The van der Waals surface area contributed by atoms with Crippen LogP contribution in [-0.2, 0) is 11.4 Å². The lowest BCUT2D eigenvalue weighted by atomic mass is 10.0. The summed E-state index contributed by atoms with van der Waals surface area (Å²) in [5, 5.41) is 7.92. The summed E-state index contributed by atoms with van der Waals surface area (Å²) < 4.78 is 10.9. The van der Waals surface area contributed by atoms with Crippen LogP contribution in [0.1, 0.15) is 28.1 Å². The molecule has 0 aliphatic carbocycles. The van der Waals surface area contributed by atoms with Crippen LogP contribution in [0.25, 0.3) is 0 Å². The molecule has 2 aromatic carbocycles. The number of hydrogen-bond acceptors (Lipinski definition) is 6. The van der Waals surface area contributed by atoms with Crippen molar-refractivity contribution in [1.82, 2.24) is 10.1 Å². The van der Waals surface area contributed by atoms with Crippen molar-refractivity contribution >= 4 is 5.71 Å². The first-order valence-electron chi connectivity index (χ1n) is 7.85. The Kier molecular flexibility index (Phi) is 5.09. The van der Waals surface area contributed by atoms with Gasteiger partial charge in [0.15, 0.2) is 5.71 Å². The summed E-state index contributed by atoms with van der Waals surface area (Å²) in [4.78, 5) is 9.03. The first kappa shape index (κ1) is 16.7. The average molecular weight is 337 g/mol. The molecule has 0 unspecified atom stereocenters. The van der Waals surface area contributed by atoms with Crippen LogP contribution in [0.2, 0.25) is 0 Å². The molecule has 3 aromatic rings. The van der Waals surface area contributed by atoms with Gasteiger partial charge in [0.1, 0.15) is 19.5 Å². The Labute approximate surface area is 146 Å². The van der Waals surface area contributed by atoms with Crippen molar-refractivity contribution in [3.05, 3.63) is 76.9 Å². The molecule has 1 heterocycles. The highest BCUT2D eigenvalue weighted by Crippen LogP contribution is 2.22. The van der Waals surface area contributed by atoms with Gasteiger partial charge in [0, 0.05) is 5.56 Å². The van der Waals surface area contributed by atoms with Crippen LogP contribution in [0.4, 0.5) is 0 Å². The second-order valence-corrected chi connectivity index (χ2v) is 5.59. The normalized spacial score (nSPS) is 11.4. The van der Waals surface area contributed by atoms with E-state index in [0.717, 1.165) is 28.0 Å². The maximum absolute atomic E-state index is 6.03. The molecule has 0 amide bonds. The third kappa shape index (κ3) is 3.85. The first-order valence-corrected chi connectivity index (χ1v) is 7.85. The van der Waals surface area contributed by atoms with Crippen LogP contribution >= 0.6 is 0 Å². The summed E-state index contributed by atoms with van der Waals surface area (Å²) in [5.41, 5.74) is 4.52. The number of ether oxygens (including phenoxy) is 1. The number of oxime groups is 1. The Balaban J connectivity index is 1.90. The lowest BCUT2D eigenvalue weighted by molar-refractivity contribution is 0.213. The largest absolute Gasteiger partial charge is 0.489 e. The summed E-state index contributed by atoms with van der Waals surface area (Å²) in [6.07, 6.45) is 1.26. The molecule has 128 valence electrons. The molecule has 0 spiro atoms. The second kappa shape index (κ2) is 7.61. The molecule has 0 atom stereocenters. The third-order valence-electron chi connectivity index (χ3n) is 3.75. The van der Waals surface area contributed by atoms with E-state index in [1.54, 1.807) is 0 Å². The molecule has 0 aliphatic heterocycles. The van der Waals surface area contributed by atoms with Gasteiger partial charge in [-0.3, -0.25) is 0 Å². The highest BCUT2D eigenvalue weighted by atomic mass is 16.6. The van der Waals surface area contributed by atoms with Crippen LogP contribution in [0.15, 0.2) is 58.5 Å². The lowest BCUT2D eigenvalue weighted by Gasteiger charge is -2.13. The van der Waals surface area contributed by atoms with Gasteiger partial charge >= 0.3 is 0 Å². The number of nitrogens with zero attached hydrogens (tertiary/aromatic N) is 3. The standard InChI is InChI=1S/C19H19N3O3/c1-13-8-9-14(2)17(10-13)24-11-15-6-4-5-7-16(15)18(21-23-3)19-20-12-25-22-19/h4-10,12H,11H2,1-3H3/b21-18+. The van der Waals surface area contributed by atoms with Gasteiger partial charge in [-0.05, 0) is 36.6 Å². The summed E-state index contributed by atoms with van der Waals surface area (Å²) in [7, 11) is 1.48. The number of rotatable bonds is 6. The zero-order valence-corrected chi connectivity index (χ0v) is 14.4. The first-order chi connectivity index (χ1) is 12.2. The predicted octanol–water partition coefficient (Wildman–Crippen LogP) is 3.66. The fraction of sp³-hybridized carbons (Fsp3) is 0.211. The van der Waals surface area contributed by atoms with Gasteiger partial charge in [0.05, 0.1) is 0 Å². The minimum atomic E-state index is 0.362. The number of hydrogen-bond donors (Lipinski definition) is 0. The number of benzene rings is 2. The van der Waals surface area contributed by atoms with Gasteiger partial charge in [0.25, 0.3) is 0 Å². The van der Waals surface area contributed by atoms with Gasteiger partial charge in [-0.2, -0.15) is 4.98 Å². The fourth-order valence-corrected chi connectivity index (χ4v) is 2.47. The topological polar surface area (TPSA) is 69.7 Å². The summed E-state index contributed by atoms with van der Waals surface area (Å²) in [5.74, 6) is 1.22. The zero-order valence-electron chi connectivity index (χ0n) is 14.4. The molecule has 0 radical (unpaired) electrons.